The Morgan fingerprint density at radius 2 is 2.24 bits per heavy atom. The first-order chi connectivity index (χ1) is 12.1. The molecule has 1 aliphatic carbocycles. The number of carbonyl (C=O) groups excluding carboxylic acids is 1. The maximum Gasteiger partial charge on any atom is 0.226 e. The lowest BCUT2D eigenvalue weighted by Crippen LogP contribution is -2.43. The number of aryl methyl sites for hydroxylation is 1. The van der Waals surface area contributed by atoms with Crippen molar-refractivity contribution in [3.63, 3.8) is 0 Å². The molecule has 2 atom stereocenters. The summed E-state index contributed by atoms with van der Waals surface area (Å²) in [6.45, 7) is 3.42. The number of rotatable bonds is 6. The smallest absolute Gasteiger partial charge is 0.226 e. The molecule has 0 spiro atoms. The Morgan fingerprint density at radius 3 is 2.96 bits per heavy atom. The van der Waals surface area contributed by atoms with Crippen molar-refractivity contribution in [1.82, 2.24) is 24.8 Å². The fourth-order valence-electron chi connectivity index (χ4n) is 3.67. The van der Waals surface area contributed by atoms with Crippen molar-refractivity contribution in [2.75, 3.05) is 40.4 Å². The molecule has 0 fully saturated rings. The second kappa shape index (κ2) is 8.10. The molecule has 0 saturated carbocycles. The Kier molecular flexibility index (Phi) is 5.86. The zero-order valence-electron chi connectivity index (χ0n) is 15.5. The summed E-state index contributed by atoms with van der Waals surface area (Å²) in [4.78, 5) is 17.0. The minimum atomic E-state index is 0.110. The van der Waals surface area contributed by atoms with Gasteiger partial charge in [-0.05, 0) is 33.4 Å². The Labute approximate surface area is 149 Å². The molecule has 0 aromatic carbocycles. The van der Waals surface area contributed by atoms with Gasteiger partial charge in [0.2, 0.25) is 5.91 Å². The number of aromatic nitrogens is 3. The zero-order valence-corrected chi connectivity index (χ0v) is 15.5. The number of ether oxygens (including phenoxy) is 1. The lowest BCUT2D eigenvalue weighted by molar-refractivity contribution is -0.137. The highest BCUT2D eigenvalue weighted by Gasteiger charge is 2.34. The lowest BCUT2D eigenvalue weighted by Gasteiger charge is -2.34. The van der Waals surface area contributed by atoms with Gasteiger partial charge in [0, 0.05) is 32.0 Å². The van der Waals surface area contributed by atoms with E-state index < -0.39 is 0 Å². The van der Waals surface area contributed by atoms with Crippen LogP contribution in [0.5, 0.6) is 0 Å². The van der Waals surface area contributed by atoms with Crippen LogP contribution in [0.4, 0.5) is 0 Å². The molecule has 0 radical (unpaired) electrons. The maximum absolute atomic E-state index is 12.9. The van der Waals surface area contributed by atoms with Crippen molar-refractivity contribution in [2.24, 2.45) is 13.0 Å². The molecule has 0 unspecified atom stereocenters. The van der Waals surface area contributed by atoms with Crippen LogP contribution >= 0.6 is 0 Å². The van der Waals surface area contributed by atoms with E-state index in [2.05, 4.69) is 27.4 Å². The van der Waals surface area contributed by atoms with Crippen LogP contribution in [0.2, 0.25) is 0 Å². The first-order valence-electron chi connectivity index (χ1n) is 9.11. The number of likely N-dealkylation sites (N-methyl/N-ethyl adjacent to an activating group) is 1. The van der Waals surface area contributed by atoms with E-state index in [0.717, 1.165) is 37.2 Å². The van der Waals surface area contributed by atoms with Crippen molar-refractivity contribution in [1.29, 1.82) is 0 Å². The third kappa shape index (κ3) is 4.27. The first kappa shape index (κ1) is 18.1. The number of carbonyl (C=O) groups is 1. The first-order valence-corrected chi connectivity index (χ1v) is 9.11. The van der Waals surface area contributed by atoms with Crippen molar-refractivity contribution in [3.8, 4) is 0 Å². The molecule has 1 aromatic heterocycles. The van der Waals surface area contributed by atoms with E-state index in [1.165, 1.54) is 0 Å². The summed E-state index contributed by atoms with van der Waals surface area (Å²) in [5.74, 6) is 0.492. The second-order valence-corrected chi connectivity index (χ2v) is 7.32. The summed E-state index contributed by atoms with van der Waals surface area (Å²) in [5.41, 5.74) is 2.02. The van der Waals surface area contributed by atoms with Crippen molar-refractivity contribution in [3.05, 3.63) is 23.5 Å². The minimum Gasteiger partial charge on any atom is -0.379 e. The summed E-state index contributed by atoms with van der Waals surface area (Å²) in [6, 6.07) is 0. The Bertz CT molecular complexity index is 625. The Morgan fingerprint density at radius 1 is 1.40 bits per heavy atom. The van der Waals surface area contributed by atoms with Crippen molar-refractivity contribution in [2.45, 2.75) is 31.7 Å². The van der Waals surface area contributed by atoms with E-state index >= 15 is 0 Å². The van der Waals surface area contributed by atoms with Crippen LogP contribution in [-0.4, -0.2) is 71.1 Å². The quantitative estimate of drug-likeness (QED) is 0.571. The van der Waals surface area contributed by atoms with Gasteiger partial charge in [-0.1, -0.05) is 17.4 Å². The predicted molar refractivity (Wildman–Crippen MR) is 95.0 cm³/mol. The van der Waals surface area contributed by atoms with E-state index in [1.54, 1.807) is 0 Å². The molecular weight excluding hydrogens is 318 g/mol. The number of amides is 1. The molecule has 7 nitrogen and oxygen atoms in total. The molecule has 3 rings (SSSR count). The average Bonchev–Trinajstić information content (AvgIpc) is 2.99. The van der Waals surface area contributed by atoms with Gasteiger partial charge in [-0.15, -0.1) is 5.10 Å². The van der Waals surface area contributed by atoms with Gasteiger partial charge in [-0.25, -0.2) is 0 Å². The third-order valence-electron chi connectivity index (χ3n) is 5.04. The number of fused-ring (bicyclic) bond motifs is 1. The maximum atomic E-state index is 12.9. The van der Waals surface area contributed by atoms with Crippen LogP contribution in [0.3, 0.4) is 0 Å². The molecule has 0 bridgehead atoms. The number of nitrogens with zero attached hydrogens (tertiary/aromatic N) is 5. The van der Waals surface area contributed by atoms with Crippen LogP contribution in [-0.2, 0) is 23.1 Å². The Balaban J connectivity index is 1.67. The van der Waals surface area contributed by atoms with Crippen LogP contribution < -0.4 is 0 Å². The predicted octanol–water partition coefficient (Wildman–Crippen LogP) is 1.18. The van der Waals surface area contributed by atoms with E-state index in [-0.39, 0.29) is 17.7 Å². The molecule has 1 aromatic rings. The molecule has 0 N–H and O–H groups in total. The van der Waals surface area contributed by atoms with Crippen LogP contribution in [0.25, 0.3) is 0 Å². The Hall–Kier alpha value is -1.73. The molecule has 1 aliphatic heterocycles. The van der Waals surface area contributed by atoms with Crippen LogP contribution in [0.1, 0.15) is 36.6 Å². The molecule has 138 valence electrons. The molecule has 7 heteroatoms. The largest absolute Gasteiger partial charge is 0.379 e. The van der Waals surface area contributed by atoms with Crippen molar-refractivity contribution >= 4 is 5.91 Å². The highest BCUT2D eigenvalue weighted by molar-refractivity contribution is 5.79. The SMILES string of the molecule is CN(C)CCOC[C@H]1CN(C(=O)[C@@H]2CC=CCC2)Cc2nnn(C)c21. The van der Waals surface area contributed by atoms with Gasteiger partial charge in [0.1, 0.15) is 5.69 Å². The molecule has 2 heterocycles. The van der Waals surface area contributed by atoms with E-state index in [4.69, 9.17) is 4.74 Å². The van der Waals surface area contributed by atoms with Gasteiger partial charge in [-0.3, -0.25) is 9.48 Å². The standard InChI is InChI=1S/C18H29N5O2/c1-21(2)9-10-25-13-15-11-23(12-16-17(15)22(3)20-19-16)18(24)14-7-5-4-6-8-14/h4-5,14-15H,6-13H2,1-3H3/t14-,15-/m1/s1. The average molecular weight is 347 g/mol. The van der Waals surface area contributed by atoms with Crippen LogP contribution in [0.15, 0.2) is 12.2 Å². The lowest BCUT2D eigenvalue weighted by atomic mass is 9.91. The highest BCUT2D eigenvalue weighted by atomic mass is 16.5. The number of hydrogen-bond acceptors (Lipinski definition) is 5. The van der Waals surface area contributed by atoms with E-state index in [9.17, 15) is 4.79 Å². The van der Waals surface area contributed by atoms with Gasteiger partial charge in [0.05, 0.1) is 25.5 Å². The number of hydrogen-bond donors (Lipinski definition) is 0. The van der Waals surface area contributed by atoms with Crippen molar-refractivity contribution < 1.29 is 9.53 Å². The van der Waals surface area contributed by atoms with Gasteiger partial charge >= 0.3 is 0 Å². The number of allylic oxidation sites excluding steroid dienone is 2. The normalized spacial score (nSPS) is 23.1. The topological polar surface area (TPSA) is 63.5 Å². The minimum absolute atomic E-state index is 0.110. The zero-order chi connectivity index (χ0) is 17.8. The van der Waals surface area contributed by atoms with Gasteiger partial charge in [0.15, 0.2) is 0 Å². The third-order valence-corrected chi connectivity index (χ3v) is 5.04. The summed E-state index contributed by atoms with van der Waals surface area (Å²) < 4.78 is 7.71. The summed E-state index contributed by atoms with van der Waals surface area (Å²) >= 11 is 0. The summed E-state index contributed by atoms with van der Waals surface area (Å²) in [5, 5.41) is 8.45. The van der Waals surface area contributed by atoms with E-state index in [0.29, 0.717) is 26.3 Å². The van der Waals surface area contributed by atoms with Gasteiger partial charge in [0.25, 0.3) is 0 Å². The van der Waals surface area contributed by atoms with Gasteiger partial charge < -0.3 is 14.5 Å². The highest BCUT2D eigenvalue weighted by Crippen LogP contribution is 2.29. The molecular formula is C18H29N5O2. The summed E-state index contributed by atoms with van der Waals surface area (Å²) in [6.07, 6.45) is 7.10. The monoisotopic (exact) mass is 347 g/mol. The van der Waals surface area contributed by atoms with Gasteiger partial charge in [-0.2, -0.15) is 0 Å². The molecule has 1 amide bonds. The molecule has 25 heavy (non-hydrogen) atoms. The second-order valence-electron chi connectivity index (χ2n) is 7.32. The fourth-order valence-corrected chi connectivity index (χ4v) is 3.67. The fraction of sp³-hybridized carbons (Fsp3) is 0.722. The molecule has 2 aliphatic rings. The van der Waals surface area contributed by atoms with Crippen LogP contribution in [0, 0.1) is 5.92 Å². The van der Waals surface area contributed by atoms with E-state index in [1.807, 2.05) is 30.7 Å². The summed E-state index contributed by atoms with van der Waals surface area (Å²) in [7, 11) is 5.99. The molecule has 0 saturated heterocycles.